The van der Waals surface area contributed by atoms with Gasteiger partial charge in [0.15, 0.2) is 0 Å². The molecule has 210 valence electrons. The zero-order valence-corrected chi connectivity index (χ0v) is 23.8. The molecule has 0 amide bonds. The number of rotatable bonds is 9. The predicted molar refractivity (Wildman–Crippen MR) is 170 cm³/mol. The number of carbonyl (C=O) groups is 1. The Morgan fingerprint density at radius 3 is 2.33 bits per heavy atom. The summed E-state index contributed by atoms with van der Waals surface area (Å²) in [6, 6.07) is 38.9. The summed E-state index contributed by atoms with van der Waals surface area (Å²) < 4.78 is 13.8. The van der Waals surface area contributed by atoms with Crippen LogP contribution in [0.25, 0.3) is 43.9 Å². The lowest BCUT2D eigenvalue weighted by molar-refractivity contribution is 0.141. The highest BCUT2D eigenvalue weighted by molar-refractivity contribution is 6.03. The lowest BCUT2D eigenvalue weighted by atomic mass is 9.91. The maximum absolute atomic E-state index is 12.1. The molecular formula is C37H33NO4. The Kier molecular flexibility index (Phi) is 7.65. The molecule has 0 saturated heterocycles. The summed E-state index contributed by atoms with van der Waals surface area (Å²) in [7, 11) is 0. The Morgan fingerprint density at radius 1 is 0.786 bits per heavy atom. The number of aromatic nitrogens is 1. The van der Waals surface area contributed by atoms with Gasteiger partial charge in [0.2, 0.25) is 5.88 Å². The third kappa shape index (κ3) is 5.34. The van der Waals surface area contributed by atoms with Crippen molar-refractivity contribution in [3.8, 4) is 33.9 Å². The van der Waals surface area contributed by atoms with Crippen LogP contribution in [0.2, 0.25) is 0 Å². The van der Waals surface area contributed by atoms with Crippen molar-refractivity contribution in [2.75, 3.05) is 6.61 Å². The molecule has 0 unspecified atom stereocenters. The quantitative estimate of drug-likeness (QED) is 0.142. The van der Waals surface area contributed by atoms with Gasteiger partial charge >= 0.3 is 6.16 Å². The molecule has 6 aromatic rings. The van der Waals surface area contributed by atoms with Gasteiger partial charge in [-0.1, -0.05) is 111 Å². The molecule has 5 heteroatoms. The molecule has 0 spiro atoms. The summed E-state index contributed by atoms with van der Waals surface area (Å²) in [6.45, 7) is 5.30. The minimum Gasteiger partial charge on any atom is -0.493 e. The number of carboxylic acid groups (broad SMARTS) is 1. The van der Waals surface area contributed by atoms with Crippen molar-refractivity contribution in [1.29, 1.82) is 0 Å². The molecule has 1 N–H and O–H groups in total. The van der Waals surface area contributed by atoms with Gasteiger partial charge in [-0.25, -0.2) is 4.79 Å². The second kappa shape index (κ2) is 11.8. The van der Waals surface area contributed by atoms with Crippen molar-refractivity contribution in [2.45, 2.75) is 32.7 Å². The molecule has 6 rings (SSSR count). The van der Waals surface area contributed by atoms with Gasteiger partial charge in [-0.15, -0.1) is 0 Å². The van der Waals surface area contributed by atoms with Crippen LogP contribution in [-0.4, -0.2) is 22.4 Å². The number of aryl methyl sites for hydroxylation is 1. The monoisotopic (exact) mass is 555 g/mol. The Labute approximate surface area is 245 Å². The maximum atomic E-state index is 12.1. The first kappa shape index (κ1) is 27.2. The highest BCUT2D eigenvalue weighted by atomic mass is 16.7. The van der Waals surface area contributed by atoms with E-state index in [2.05, 4.69) is 74.5 Å². The average molecular weight is 556 g/mol. The van der Waals surface area contributed by atoms with E-state index in [1.54, 1.807) is 0 Å². The van der Waals surface area contributed by atoms with Gasteiger partial charge in [-0.3, -0.25) is 0 Å². The highest BCUT2D eigenvalue weighted by Gasteiger charge is 2.25. The van der Waals surface area contributed by atoms with E-state index >= 15 is 0 Å². The first-order chi connectivity index (χ1) is 20.5. The molecule has 0 fully saturated rings. The maximum Gasteiger partial charge on any atom is 0.512 e. The van der Waals surface area contributed by atoms with Gasteiger partial charge in [-0.05, 0) is 58.2 Å². The Balaban J connectivity index is 1.43. The minimum atomic E-state index is -1.34. The van der Waals surface area contributed by atoms with Gasteiger partial charge in [0.1, 0.15) is 5.75 Å². The van der Waals surface area contributed by atoms with Gasteiger partial charge < -0.3 is 19.1 Å². The standard InChI is InChI=1S/C37H33NO4/c1-25(2)29-16-8-9-18-31(29)35-32-24-28(26-12-4-3-5-13-26)20-21-33(32)38(36(35)42-37(39)40)22-11-23-41-34-19-10-15-27-14-6-7-17-30(27)34/h3-10,12-21,24-25H,11,22-23H2,1-2H3,(H,39,40). The van der Waals surface area contributed by atoms with Gasteiger partial charge in [0.25, 0.3) is 0 Å². The zero-order chi connectivity index (χ0) is 29.1. The number of fused-ring (bicyclic) bond motifs is 2. The zero-order valence-electron chi connectivity index (χ0n) is 23.8. The number of hydrogen-bond donors (Lipinski definition) is 1. The normalized spacial score (nSPS) is 11.3. The van der Waals surface area contributed by atoms with E-state index in [4.69, 9.17) is 9.47 Å². The summed E-state index contributed by atoms with van der Waals surface area (Å²) in [5.74, 6) is 1.41. The first-order valence-corrected chi connectivity index (χ1v) is 14.3. The fourth-order valence-corrected chi connectivity index (χ4v) is 5.77. The molecule has 0 aliphatic carbocycles. The van der Waals surface area contributed by atoms with Crippen LogP contribution in [0.4, 0.5) is 4.79 Å². The van der Waals surface area contributed by atoms with Crippen LogP contribution in [0, 0.1) is 0 Å². The van der Waals surface area contributed by atoms with E-state index in [0.29, 0.717) is 25.5 Å². The van der Waals surface area contributed by atoms with E-state index in [9.17, 15) is 9.90 Å². The lowest BCUT2D eigenvalue weighted by Gasteiger charge is -2.15. The fourth-order valence-electron chi connectivity index (χ4n) is 5.77. The third-order valence-corrected chi connectivity index (χ3v) is 7.69. The van der Waals surface area contributed by atoms with Crippen LogP contribution in [-0.2, 0) is 6.54 Å². The van der Waals surface area contributed by atoms with Crippen LogP contribution in [0.15, 0.2) is 115 Å². The predicted octanol–water partition coefficient (Wildman–Crippen LogP) is 9.78. The van der Waals surface area contributed by atoms with E-state index in [-0.39, 0.29) is 5.92 Å². The van der Waals surface area contributed by atoms with Crippen LogP contribution in [0.3, 0.4) is 0 Å². The molecule has 5 aromatic carbocycles. The Morgan fingerprint density at radius 2 is 1.52 bits per heavy atom. The van der Waals surface area contributed by atoms with Crippen molar-refractivity contribution < 1.29 is 19.4 Å². The second-order valence-corrected chi connectivity index (χ2v) is 10.7. The Bertz CT molecular complexity index is 1870. The van der Waals surface area contributed by atoms with E-state index in [1.807, 2.05) is 59.2 Å². The molecule has 0 bridgehead atoms. The molecule has 5 nitrogen and oxygen atoms in total. The molecular weight excluding hydrogens is 522 g/mol. The summed E-state index contributed by atoms with van der Waals surface area (Å²) >= 11 is 0. The number of ether oxygens (including phenoxy) is 2. The highest BCUT2D eigenvalue weighted by Crippen LogP contribution is 2.44. The third-order valence-electron chi connectivity index (χ3n) is 7.69. The number of hydrogen-bond acceptors (Lipinski definition) is 3. The van der Waals surface area contributed by atoms with Crippen LogP contribution < -0.4 is 9.47 Å². The van der Waals surface area contributed by atoms with Crippen LogP contribution >= 0.6 is 0 Å². The Hall–Kier alpha value is -5.03. The van der Waals surface area contributed by atoms with E-state index in [1.165, 1.54) is 0 Å². The molecule has 0 aliphatic rings. The molecule has 1 aromatic heterocycles. The summed E-state index contributed by atoms with van der Waals surface area (Å²) in [4.78, 5) is 12.1. The smallest absolute Gasteiger partial charge is 0.493 e. The molecule has 42 heavy (non-hydrogen) atoms. The summed E-state index contributed by atoms with van der Waals surface area (Å²) in [6.07, 6.45) is -0.674. The molecule has 0 saturated carbocycles. The van der Waals surface area contributed by atoms with Gasteiger partial charge in [-0.2, -0.15) is 0 Å². The molecule has 1 heterocycles. The SMILES string of the molecule is CC(C)c1ccccc1-c1c(OC(=O)O)n(CCCOc2cccc3ccccc23)c2ccc(-c3ccccc3)cc12. The van der Waals surface area contributed by atoms with Gasteiger partial charge in [0, 0.05) is 17.3 Å². The van der Waals surface area contributed by atoms with E-state index < -0.39 is 6.16 Å². The van der Waals surface area contributed by atoms with Crippen molar-refractivity contribution >= 4 is 27.8 Å². The lowest BCUT2D eigenvalue weighted by Crippen LogP contribution is -2.11. The largest absolute Gasteiger partial charge is 0.512 e. The molecule has 0 radical (unpaired) electrons. The topological polar surface area (TPSA) is 60.7 Å². The first-order valence-electron chi connectivity index (χ1n) is 14.3. The van der Waals surface area contributed by atoms with Crippen molar-refractivity contribution in [2.24, 2.45) is 0 Å². The minimum absolute atomic E-state index is 0.240. The number of nitrogens with zero attached hydrogens (tertiary/aromatic N) is 1. The summed E-state index contributed by atoms with van der Waals surface area (Å²) in [5.41, 5.74) is 5.99. The second-order valence-electron chi connectivity index (χ2n) is 10.7. The van der Waals surface area contributed by atoms with Gasteiger partial charge in [0.05, 0.1) is 17.7 Å². The molecule has 0 atom stereocenters. The van der Waals surface area contributed by atoms with Crippen LogP contribution in [0.5, 0.6) is 11.6 Å². The molecule has 0 aliphatic heterocycles. The van der Waals surface area contributed by atoms with E-state index in [0.717, 1.165) is 55.2 Å². The fraction of sp³-hybridized carbons (Fsp3) is 0.162. The van der Waals surface area contributed by atoms with Crippen molar-refractivity contribution in [1.82, 2.24) is 4.57 Å². The van der Waals surface area contributed by atoms with Crippen molar-refractivity contribution in [3.63, 3.8) is 0 Å². The van der Waals surface area contributed by atoms with Crippen molar-refractivity contribution in [3.05, 3.63) is 121 Å². The average Bonchev–Trinajstić information content (AvgIpc) is 3.30. The summed E-state index contributed by atoms with van der Waals surface area (Å²) in [5, 5.41) is 13.0. The van der Waals surface area contributed by atoms with Crippen LogP contribution in [0.1, 0.15) is 31.7 Å². The number of benzene rings is 5.